The number of aliphatic imine (C=N–C) groups is 1. The third-order valence-corrected chi connectivity index (χ3v) is 2.42. The van der Waals surface area contributed by atoms with Crippen molar-refractivity contribution < 1.29 is 9.18 Å². The third kappa shape index (κ3) is 3.37. The number of hydrogen-bond acceptors (Lipinski definition) is 2. The summed E-state index contributed by atoms with van der Waals surface area (Å²) in [4.78, 5) is 15.4. The van der Waals surface area contributed by atoms with Crippen molar-refractivity contribution in [2.45, 2.75) is 26.7 Å². The van der Waals surface area contributed by atoms with Crippen LogP contribution in [0.5, 0.6) is 0 Å². The minimum Gasteiger partial charge on any atom is -0.324 e. The van der Waals surface area contributed by atoms with Gasteiger partial charge in [0, 0.05) is 19.5 Å². The lowest BCUT2D eigenvalue weighted by Crippen LogP contribution is -2.24. The molecule has 0 spiro atoms. The van der Waals surface area contributed by atoms with Gasteiger partial charge < -0.3 is 5.32 Å². The van der Waals surface area contributed by atoms with E-state index >= 15 is 0 Å². The van der Waals surface area contributed by atoms with Crippen LogP contribution < -0.4 is 5.32 Å². The van der Waals surface area contributed by atoms with Crippen LogP contribution in [0.1, 0.15) is 26.7 Å². The van der Waals surface area contributed by atoms with Gasteiger partial charge >= 0.3 is 0 Å². The zero-order valence-electron chi connectivity index (χ0n) is 10.4. The van der Waals surface area contributed by atoms with Gasteiger partial charge in [-0.05, 0) is 25.0 Å². The monoisotopic (exact) mass is 236 g/mol. The van der Waals surface area contributed by atoms with Crippen LogP contribution in [0, 0.1) is 0 Å². The molecule has 1 aliphatic carbocycles. The Kier molecular flexibility index (Phi) is 4.82. The molecule has 0 saturated heterocycles. The molecule has 0 aromatic carbocycles. The molecule has 4 heteroatoms. The third-order valence-electron chi connectivity index (χ3n) is 2.42. The molecule has 92 valence electrons. The summed E-state index contributed by atoms with van der Waals surface area (Å²) in [6.07, 6.45) is 5.90. The summed E-state index contributed by atoms with van der Waals surface area (Å²) in [5.41, 5.74) is 1.60. The molecule has 0 aromatic heterocycles. The molecular formula is C13H17FN2O. The van der Waals surface area contributed by atoms with E-state index in [9.17, 15) is 9.18 Å². The lowest BCUT2D eigenvalue weighted by atomic mass is 10.0. The van der Waals surface area contributed by atoms with Crippen molar-refractivity contribution in [3.63, 3.8) is 0 Å². The Morgan fingerprint density at radius 1 is 1.53 bits per heavy atom. The summed E-state index contributed by atoms with van der Waals surface area (Å²) < 4.78 is 13.7. The number of amides is 1. The highest BCUT2D eigenvalue weighted by atomic mass is 19.1. The lowest BCUT2D eigenvalue weighted by Gasteiger charge is -2.14. The van der Waals surface area contributed by atoms with Gasteiger partial charge in [0.2, 0.25) is 5.91 Å². The van der Waals surface area contributed by atoms with Gasteiger partial charge in [0.05, 0.1) is 11.4 Å². The maximum Gasteiger partial charge on any atom is 0.224 e. The number of halogens is 1. The average Bonchev–Trinajstić information content (AvgIpc) is 2.31. The predicted octanol–water partition coefficient (Wildman–Crippen LogP) is 2.67. The Bertz CT molecular complexity index is 431. The smallest absolute Gasteiger partial charge is 0.224 e. The highest BCUT2D eigenvalue weighted by Crippen LogP contribution is 2.20. The van der Waals surface area contributed by atoms with Crippen LogP contribution in [0.25, 0.3) is 0 Å². The Hall–Kier alpha value is -1.71. The number of allylic oxidation sites excluding steroid dienone is 5. The Labute approximate surface area is 101 Å². The second-order valence-corrected chi connectivity index (χ2v) is 3.70. The standard InChI is InChI=1S/C13H17FN2O/c1-4-6-13(17)16-12-7-9(5-2)11(15-3)8-10(12)14/h5,7-8H,4,6H2,1-3H3,(H,16,17)/b9-5-,15-11?. The summed E-state index contributed by atoms with van der Waals surface area (Å²) in [7, 11) is 1.61. The molecule has 1 amide bonds. The van der Waals surface area contributed by atoms with Crippen LogP contribution >= 0.6 is 0 Å². The van der Waals surface area contributed by atoms with Gasteiger partial charge in [0.1, 0.15) is 5.83 Å². The molecule has 0 fully saturated rings. The van der Waals surface area contributed by atoms with E-state index in [1.54, 1.807) is 13.1 Å². The predicted molar refractivity (Wildman–Crippen MR) is 67.4 cm³/mol. The first-order valence-corrected chi connectivity index (χ1v) is 5.65. The molecule has 0 aliphatic heterocycles. The minimum atomic E-state index is -0.458. The number of carbonyl (C=O) groups excluding carboxylic acids is 1. The molecule has 0 unspecified atom stereocenters. The van der Waals surface area contributed by atoms with E-state index in [4.69, 9.17) is 0 Å². The van der Waals surface area contributed by atoms with E-state index in [2.05, 4.69) is 10.3 Å². The fourth-order valence-electron chi connectivity index (χ4n) is 1.54. The SMILES string of the molecule is C/C=C1/C=C(NC(=O)CCC)C(F)=CC1=NC. The molecule has 1 rings (SSSR count). The van der Waals surface area contributed by atoms with Crippen molar-refractivity contribution in [2.75, 3.05) is 7.05 Å². The van der Waals surface area contributed by atoms with E-state index in [-0.39, 0.29) is 11.6 Å². The van der Waals surface area contributed by atoms with Crippen LogP contribution in [-0.2, 0) is 4.79 Å². The first-order valence-electron chi connectivity index (χ1n) is 5.65. The van der Waals surface area contributed by atoms with E-state index in [0.717, 1.165) is 12.0 Å². The Morgan fingerprint density at radius 3 is 2.76 bits per heavy atom. The van der Waals surface area contributed by atoms with Crippen LogP contribution in [0.15, 0.2) is 40.3 Å². The number of carbonyl (C=O) groups is 1. The second-order valence-electron chi connectivity index (χ2n) is 3.70. The molecule has 17 heavy (non-hydrogen) atoms. The molecule has 0 heterocycles. The first kappa shape index (κ1) is 13.4. The van der Waals surface area contributed by atoms with Gasteiger partial charge in [-0.25, -0.2) is 4.39 Å². The van der Waals surface area contributed by atoms with Gasteiger partial charge in [0.25, 0.3) is 0 Å². The van der Waals surface area contributed by atoms with Crippen molar-refractivity contribution in [1.82, 2.24) is 5.32 Å². The van der Waals surface area contributed by atoms with Crippen molar-refractivity contribution in [3.8, 4) is 0 Å². The van der Waals surface area contributed by atoms with Gasteiger partial charge in [-0.3, -0.25) is 9.79 Å². The highest BCUT2D eigenvalue weighted by Gasteiger charge is 2.16. The van der Waals surface area contributed by atoms with E-state index in [1.165, 1.54) is 6.08 Å². The minimum absolute atomic E-state index is 0.172. The van der Waals surface area contributed by atoms with Gasteiger partial charge in [-0.2, -0.15) is 0 Å². The Morgan fingerprint density at radius 2 is 2.24 bits per heavy atom. The molecular weight excluding hydrogens is 219 g/mol. The first-order chi connectivity index (χ1) is 8.12. The number of nitrogens with one attached hydrogen (secondary N) is 1. The van der Waals surface area contributed by atoms with Crippen molar-refractivity contribution in [1.29, 1.82) is 0 Å². The van der Waals surface area contributed by atoms with Crippen LogP contribution in [0.3, 0.4) is 0 Å². The zero-order valence-corrected chi connectivity index (χ0v) is 10.4. The number of nitrogens with zero attached hydrogens (tertiary/aromatic N) is 1. The topological polar surface area (TPSA) is 41.5 Å². The van der Waals surface area contributed by atoms with Gasteiger partial charge in [-0.15, -0.1) is 0 Å². The fraction of sp³-hybridized carbons (Fsp3) is 0.385. The molecule has 0 aromatic rings. The number of hydrogen-bond donors (Lipinski definition) is 1. The van der Waals surface area contributed by atoms with Gasteiger partial charge in [0.15, 0.2) is 0 Å². The average molecular weight is 236 g/mol. The maximum absolute atomic E-state index is 13.7. The maximum atomic E-state index is 13.7. The van der Waals surface area contributed by atoms with Gasteiger partial charge in [-0.1, -0.05) is 13.0 Å². The molecule has 0 bridgehead atoms. The van der Waals surface area contributed by atoms with Crippen LogP contribution in [0.2, 0.25) is 0 Å². The fourth-order valence-corrected chi connectivity index (χ4v) is 1.54. The summed E-state index contributed by atoms with van der Waals surface area (Å²) in [6.45, 7) is 3.75. The largest absolute Gasteiger partial charge is 0.324 e. The second kappa shape index (κ2) is 6.13. The summed E-state index contributed by atoms with van der Waals surface area (Å²) in [5, 5.41) is 2.56. The van der Waals surface area contributed by atoms with Crippen molar-refractivity contribution in [3.05, 3.63) is 35.3 Å². The molecule has 3 nitrogen and oxygen atoms in total. The summed E-state index contributed by atoms with van der Waals surface area (Å²) in [5.74, 6) is -0.629. The van der Waals surface area contributed by atoms with E-state index < -0.39 is 5.83 Å². The highest BCUT2D eigenvalue weighted by molar-refractivity contribution is 6.12. The molecule has 0 saturated carbocycles. The van der Waals surface area contributed by atoms with E-state index in [0.29, 0.717) is 12.1 Å². The number of rotatable bonds is 3. The summed E-state index contributed by atoms with van der Waals surface area (Å²) in [6, 6.07) is 0. The zero-order chi connectivity index (χ0) is 12.8. The van der Waals surface area contributed by atoms with Crippen molar-refractivity contribution in [2.24, 2.45) is 4.99 Å². The van der Waals surface area contributed by atoms with E-state index in [1.807, 2.05) is 19.9 Å². The summed E-state index contributed by atoms with van der Waals surface area (Å²) >= 11 is 0. The Balaban J connectivity index is 2.91. The quantitative estimate of drug-likeness (QED) is 0.804. The normalized spacial score (nSPS) is 20.2. The van der Waals surface area contributed by atoms with Crippen molar-refractivity contribution >= 4 is 11.6 Å². The van der Waals surface area contributed by atoms with Crippen LogP contribution in [-0.4, -0.2) is 18.7 Å². The molecule has 1 aliphatic rings. The molecule has 0 atom stereocenters. The molecule has 1 N–H and O–H groups in total. The molecule has 0 radical (unpaired) electrons. The van der Waals surface area contributed by atoms with Crippen LogP contribution in [0.4, 0.5) is 4.39 Å². The lowest BCUT2D eigenvalue weighted by molar-refractivity contribution is -0.120.